The van der Waals surface area contributed by atoms with Crippen LogP contribution in [0.3, 0.4) is 0 Å². The molecule has 0 aromatic heterocycles. The van der Waals surface area contributed by atoms with Crippen molar-refractivity contribution in [3.05, 3.63) is 65.2 Å². The largest absolute Gasteiger partial charge is 0.496 e. The van der Waals surface area contributed by atoms with Crippen molar-refractivity contribution in [1.82, 2.24) is 0 Å². The maximum Gasteiger partial charge on any atom is 0.343 e. The number of benzene rings is 2. The van der Waals surface area contributed by atoms with Crippen LogP contribution in [0.5, 0.6) is 11.5 Å². The summed E-state index contributed by atoms with van der Waals surface area (Å²) in [6.45, 7) is 0.370. The first-order valence-electron chi connectivity index (χ1n) is 7.04. The van der Waals surface area contributed by atoms with Crippen molar-refractivity contribution in [1.29, 1.82) is 0 Å². The van der Waals surface area contributed by atoms with Crippen molar-refractivity contribution in [3.63, 3.8) is 0 Å². The summed E-state index contributed by atoms with van der Waals surface area (Å²) in [5, 5.41) is 17.8. The van der Waals surface area contributed by atoms with Gasteiger partial charge in [-0.05, 0) is 23.8 Å². The first-order chi connectivity index (χ1) is 11.5. The average Bonchev–Trinajstić information content (AvgIpc) is 2.58. The fourth-order valence-corrected chi connectivity index (χ4v) is 2.01. The van der Waals surface area contributed by atoms with E-state index >= 15 is 0 Å². The van der Waals surface area contributed by atoms with Gasteiger partial charge in [-0.25, -0.2) is 9.59 Å². The average molecular weight is 328 g/mol. The highest BCUT2D eigenvalue weighted by Crippen LogP contribution is 2.27. The van der Waals surface area contributed by atoms with Gasteiger partial charge in [0.25, 0.3) is 0 Å². The highest BCUT2D eigenvalue weighted by atomic mass is 16.5. The van der Waals surface area contributed by atoms with E-state index in [4.69, 9.17) is 19.7 Å². The highest BCUT2D eigenvalue weighted by Gasteiger charge is 2.17. The number of hydrogen-bond acceptors (Lipinski definition) is 4. The van der Waals surface area contributed by atoms with Crippen LogP contribution in [-0.4, -0.2) is 29.3 Å². The molecule has 2 N–H and O–H groups in total. The maximum absolute atomic E-state index is 11.0. The number of methoxy groups -OCH3 is 1. The van der Waals surface area contributed by atoms with Gasteiger partial charge in [0.1, 0.15) is 23.7 Å². The summed E-state index contributed by atoms with van der Waals surface area (Å²) in [7, 11) is 1.41. The SMILES string of the molecule is COc1cc(OCc2ccccc2)ccc1C=C(C(=O)O)C(=O)O. The van der Waals surface area contributed by atoms with E-state index in [1.807, 2.05) is 30.3 Å². The third-order valence-electron chi connectivity index (χ3n) is 3.21. The zero-order valence-electron chi connectivity index (χ0n) is 12.9. The van der Waals surface area contributed by atoms with Crippen LogP contribution in [-0.2, 0) is 16.2 Å². The van der Waals surface area contributed by atoms with Crippen LogP contribution in [0.1, 0.15) is 11.1 Å². The number of hydrogen-bond donors (Lipinski definition) is 2. The Labute approximate surface area is 138 Å². The van der Waals surface area contributed by atoms with Gasteiger partial charge in [-0.3, -0.25) is 0 Å². The molecule has 24 heavy (non-hydrogen) atoms. The fourth-order valence-electron chi connectivity index (χ4n) is 2.01. The fraction of sp³-hybridized carbons (Fsp3) is 0.111. The van der Waals surface area contributed by atoms with Crippen LogP contribution in [0.4, 0.5) is 0 Å². The Balaban J connectivity index is 2.22. The van der Waals surface area contributed by atoms with E-state index in [1.165, 1.54) is 7.11 Å². The maximum atomic E-state index is 11.0. The Kier molecular flexibility index (Phi) is 5.57. The highest BCUT2D eigenvalue weighted by molar-refractivity contribution is 6.16. The molecule has 0 saturated carbocycles. The molecule has 0 aliphatic rings. The van der Waals surface area contributed by atoms with Gasteiger partial charge in [-0.2, -0.15) is 0 Å². The minimum Gasteiger partial charge on any atom is -0.496 e. The van der Waals surface area contributed by atoms with Gasteiger partial charge in [0.15, 0.2) is 0 Å². The zero-order chi connectivity index (χ0) is 17.5. The lowest BCUT2D eigenvalue weighted by molar-refractivity contribution is -0.140. The third-order valence-corrected chi connectivity index (χ3v) is 3.21. The Morgan fingerprint density at radius 3 is 2.29 bits per heavy atom. The summed E-state index contributed by atoms with van der Waals surface area (Å²) >= 11 is 0. The molecule has 0 unspecified atom stereocenters. The quantitative estimate of drug-likeness (QED) is 0.461. The molecule has 0 radical (unpaired) electrons. The minimum absolute atomic E-state index is 0.320. The molecule has 6 nitrogen and oxygen atoms in total. The van der Waals surface area contributed by atoms with Crippen LogP contribution in [0.2, 0.25) is 0 Å². The van der Waals surface area contributed by atoms with Gasteiger partial charge in [0, 0.05) is 11.6 Å². The zero-order valence-corrected chi connectivity index (χ0v) is 12.9. The monoisotopic (exact) mass is 328 g/mol. The Hall–Kier alpha value is -3.28. The van der Waals surface area contributed by atoms with Crippen molar-refractivity contribution in [2.45, 2.75) is 6.61 Å². The van der Waals surface area contributed by atoms with Crippen molar-refractivity contribution < 1.29 is 29.3 Å². The second-order valence-electron chi connectivity index (χ2n) is 4.85. The summed E-state index contributed by atoms with van der Waals surface area (Å²) in [6.07, 6.45) is 1.05. The van der Waals surface area contributed by atoms with E-state index < -0.39 is 17.5 Å². The Bertz CT molecular complexity index is 748. The first kappa shape index (κ1) is 17.1. The molecular formula is C18H16O6. The van der Waals surface area contributed by atoms with E-state index in [9.17, 15) is 9.59 Å². The van der Waals surface area contributed by atoms with Crippen LogP contribution < -0.4 is 9.47 Å². The molecule has 0 aliphatic carbocycles. The molecule has 0 atom stereocenters. The number of carbonyl (C=O) groups is 2. The summed E-state index contributed by atoms with van der Waals surface area (Å²) in [5.41, 5.74) is 0.593. The molecule has 0 aliphatic heterocycles. The molecule has 0 amide bonds. The normalized spacial score (nSPS) is 9.88. The second-order valence-corrected chi connectivity index (χ2v) is 4.85. The summed E-state index contributed by atoms with van der Waals surface area (Å²) in [4.78, 5) is 21.9. The minimum atomic E-state index is -1.52. The van der Waals surface area contributed by atoms with Crippen molar-refractivity contribution >= 4 is 18.0 Å². The molecule has 0 spiro atoms. The molecule has 2 aromatic rings. The number of carboxylic acids is 2. The van der Waals surface area contributed by atoms with Crippen molar-refractivity contribution in [2.75, 3.05) is 7.11 Å². The smallest absolute Gasteiger partial charge is 0.343 e. The van der Waals surface area contributed by atoms with Crippen LogP contribution >= 0.6 is 0 Å². The topological polar surface area (TPSA) is 93.1 Å². The van der Waals surface area contributed by atoms with E-state index in [-0.39, 0.29) is 0 Å². The Morgan fingerprint density at radius 1 is 1.04 bits per heavy atom. The molecular weight excluding hydrogens is 312 g/mol. The third kappa shape index (κ3) is 4.36. The lowest BCUT2D eigenvalue weighted by Gasteiger charge is -2.10. The molecule has 2 aromatic carbocycles. The Morgan fingerprint density at radius 2 is 1.71 bits per heavy atom. The second kappa shape index (κ2) is 7.82. The standard InChI is InChI=1S/C18H16O6/c1-23-16-10-14(24-11-12-5-3-2-4-6-12)8-7-13(16)9-15(17(19)20)18(21)22/h2-10H,11H2,1H3,(H,19,20)(H,21,22). The van der Waals surface area contributed by atoms with Gasteiger partial charge < -0.3 is 19.7 Å². The number of carboxylic acid groups (broad SMARTS) is 2. The van der Waals surface area contributed by atoms with Gasteiger partial charge in [0.05, 0.1) is 7.11 Å². The van der Waals surface area contributed by atoms with Gasteiger partial charge >= 0.3 is 11.9 Å². The van der Waals surface area contributed by atoms with Crippen molar-refractivity contribution in [3.8, 4) is 11.5 Å². The summed E-state index contributed by atoms with van der Waals surface area (Å²) in [5.74, 6) is -2.19. The van der Waals surface area contributed by atoms with Crippen LogP contribution in [0.15, 0.2) is 54.1 Å². The molecule has 124 valence electrons. The van der Waals surface area contributed by atoms with Gasteiger partial charge in [-0.15, -0.1) is 0 Å². The number of aliphatic carboxylic acids is 2. The predicted molar refractivity (Wildman–Crippen MR) is 87.0 cm³/mol. The number of ether oxygens (including phenoxy) is 2. The van der Waals surface area contributed by atoms with Crippen LogP contribution in [0, 0.1) is 0 Å². The molecule has 0 heterocycles. The molecule has 0 fully saturated rings. The van der Waals surface area contributed by atoms with Crippen molar-refractivity contribution in [2.24, 2.45) is 0 Å². The lowest BCUT2D eigenvalue weighted by Crippen LogP contribution is -2.11. The molecule has 6 heteroatoms. The number of rotatable bonds is 7. The van der Waals surface area contributed by atoms with E-state index in [1.54, 1.807) is 18.2 Å². The van der Waals surface area contributed by atoms with Gasteiger partial charge in [-0.1, -0.05) is 30.3 Å². The molecule has 2 rings (SSSR count). The molecule has 0 bridgehead atoms. The first-order valence-corrected chi connectivity index (χ1v) is 7.04. The molecule has 0 saturated heterocycles. The van der Waals surface area contributed by atoms with E-state index in [2.05, 4.69) is 0 Å². The van der Waals surface area contributed by atoms with E-state index in [0.717, 1.165) is 11.6 Å². The lowest BCUT2D eigenvalue weighted by atomic mass is 10.1. The van der Waals surface area contributed by atoms with Crippen LogP contribution in [0.25, 0.3) is 6.08 Å². The van der Waals surface area contributed by atoms with E-state index in [0.29, 0.717) is 23.7 Å². The predicted octanol–water partition coefficient (Wildman–Crippen LogP) is 2.83. The summed E-state index contributed by atoms with van der Waals surface area (Å²) < 4.78 is 10.8. The van der Waals surface area contributed by atoms with Gasteiger partial charge in [0.2, 0.25) is 0 Å². The summed E-state index contributed by atoms with van der Waals surface area (Å²) in [6, 6.07) is 14.3.